The van der Waals surface area contributed by atoms with Gasteiger partial charge in [0.1, 0.15) is 40.5 Å². The lowest BCUT2D eigenvalue weighted by Gasteiger charge is -2.31. The topological polar surface area (TPSA) is 159 Å². The number of nitrogens with zero attached hydrogens (tertiary/aromatic N) is 8. The number of halogens is 2. The molecule has 15 heteroatoms. The van der Waals surface area contributed by atoms with Gasteiger partial charge >= 0.3 is 0 Å². The zero-order valence-corrected chi connectivity index (χ0v) is 57.8. The van der Waals surface area contributed by atoms with E-state index in [1.807, 2.05) is 54.6 Å². The van der Waals surface area contributed by atoms with E-state index in [1.54, 1.807) is 19.2 Å². The number of carbonyl (C=O) groups excluding carboxylic acids is 2. The predicted molar refractivity (Wildman–Crippen MR) is 381 cm³/mol. The first kappa shape index (κ1) is 70.5. The van der Waals surface area contributed by atoms with Crippen LogP contribution in [0.1, 0.15) is 200 Å². The highest BCUT2D eigenvalue weighted by Gasteiger charge is 2.35. The van der Waals surface area contributed by atoms with Crippen molar-refractivity contribution < 1.29 is 19.4 Å². The van der Waals surface area contributed by atoms with Gasteiger partial charge in [0, 0.05) is 85.0 Å². The molecule has 0 spiro atoms. The van der Waals surface area contributed by atoms with Crippen molar-refractivity contribution in [3.05, 3.63) is 200 Å². The van der Waals surface area contributed by atoms with E-state index in [4.69, 9.17) is 37.0 Å². The Balaban J connectivity index is 0.000000157. The van der Waals surface area contributed by atoms with Gasteiger partial charge in [0.15, 0.2) is 11.6 Å². The summed E-state index contributed by atoms with van der Waals surface area (Å²) in [6, 6.07) is 46.9. The summed E-state index contributed by atoms with van der Waals surface area (Å²) in [5, 5.41) is 10.4. The van der Waals surface area contributed by atoms with Gasteiger partial charge in [-0.15, -0.1) is 0 Å². The van der Waals surface area contributed by atoms with Crippen molar-refractivity contribution in [1.29, 1.82) is 0 Å². The van der Waals surface area contributed by atoms with E-state index in [-0.39, 0.29) is 17.3 Å². The molecule has 0 amide bonds. The molecule has 92 heavy (non-hydrogen) atoms. The molecule has 3 N–H and O–H groups in total. The monoisotopic (exact) mass is 1330 g/mol. The SMILES string of the molecule is CCCCN(Cc1ccc(O)cc1Cl)C1CCc2nc(-c3ccccc3)n(CCCC)c21.CCCCN=C(N)c1ccccc1.CCCCn1c(-c2ccccc2)nc2c1C(=O)CC2.CCCCn1c(-c2ccccc2)nc2c1C(C)CC2.COC1=C(Br)C(=O)CC1. The number of aliphatic imine (C=N–C) groups is 1. The van der Waals surface area contributed by atoms with Gasteiger partial charge in [-0.3, -0.25) is 19.5 Å². The van der Waals surface area contributed by atoms with Crippen LogP contribution in [0, 0.1) is 0 Å². The summed E-state index contributed by atoms with van der Waals surface area (Å²) in [5.74, 6) is 5.93. The zero-order valence-electron chi connectivity index (χ0n) is 55.5. The Bertz CT molecular complexity index is 3670. The van der Waals surface area contributed by atoms with Crippen molar-refractivity contribution in [3.8, 4) is 39.9 Å². The number of hydrogen-bond donors (Lipinski definition) is 2. The second-order valence-electron chi connectivity index (χ2n) is 24.2. The van der Waals surface area contributed by atoms with Crippen LogP contribution in [0.4, 0.5) is 0 Å². The predicted octanol–water partition coefficient (Wildman–Crippen LogP) is 18.7. The third-order valence-electron chi connectivity index (χ3n) is 17.4. The fourth-order valence-electron chi connectivity index (χ4n) is 12.4. The minimum Gasteiger partial charge on any atom is -0.508 e. The molecule has 8 aromatic rings. The number of aromatic nitrogens is 6. The number of aryl methyl sites for hydroxylation is 3. The molecule has 0 saturated carbocycles. The van der Waals surface area contributed by atoms with Crippen LogP contribution in [0.25, 0.3) is 34.2 Å². The molecule has 3 heterocycles. The highest BCUT2D eigenvalue weighted by atomic mass is 79.9. The van der Waals surface area contributed by atoms with Gasteiger partial charge in [0.05, 0.1) is 40.4 Å². The average Bonchev–Trinajstić information content (AvgIpc) is 1.63. The van der Waals surface area contributed by atoms with E-state index in [9.17, 15) is 14.7 Å². The number of fused-ring (bicyclic) bond motifs is 3. The molecule has 12 rings (SSSR count). The van der Waals surface area contributed by atoms with Gasteiger partial charge < -0.3 is 29.3 Å². The summed E-state index contributed by atoms with van der Waals surface area (Å²) >= 11 is 9.63. The Labute approximate surface area is 560 Å². The Morgan fingerprint density at radius 1 is 0.609 bits per heavy atom. The van der Waals surface area contributed by atoms with Gasteiger partial charge in [0.25, 0.3) is 0 Å². The first-order valence-corrected chi connectivity index (χ1v) is 35.0. The quantitative estimate of drug-likeness (QED) is 0.0361. The van der Waals surface area contributed by atoms with Crippen LogP contribution in [0.15, 0.2) is 155 Å². The maximum atomic E-state index is 12.0. The number of methoxy groups -OCH3 is 1. The molecule has 0 fully saturated rings. The number of imidazole rings is 3. The highest BCUT2D eigenvalue weighted by molar-refractivity contribution is 9.12. The maximum Gasteiger partial charge on any atom is 0.181 e. The molecule has 2 unspecified atom stereocenters. The number of phenolic OH excluding ortho intramolecular Hbond substituents is 1. The summed E-state index contributed by atoms with van der Waals surface area (Å²) in [7, 11) is 1.58. The molecular weight excluding hydrogens is 1230 g/mol. The summed E-state index contributed by atoms with van der Waals surface area (Å²) < 4.78 is 12.6. The number of carbonyl (C=O) groups is 2. The van der Waals surface area contributed by atoms with E-state index in [0.717, 1.165) is 168 Å². The maximum absolute atomic E-state index is 12.0. The standard InChI is InChI=1S/C27H34ClN3O.C17H22N2.C16H18N2O.C11H16N2.C6H7BrO2/c1-3-5-16-30(19-21-12-13-22(32)18-23(21)28)25-15-14-24-26(25)31(17-6-4-2)27(29-24)20-10-8-7-9-11-20;1-3-4-12-19-16-13(2)10-11-15(16)18-17(19)14-8-6-5-7-9-14;1-2-3-11-18-15-13(9-10-14(15)19)17-16(18)12-7-5-4-6-8-12;1-2-3-9-13-11(12)10-7-5-4-6-8-10;1-9-5-3-2-4(8)6(5)7/h7-13,18,25,32H,3-6,14-17,19H2,1-2H3;5-9,13H,3-4,10-12H2,1-2H3;4-8H,2-3,9-11H2,1H3;4-8H,2-3,9H2,1H3,(H2,12,13);2-3H2,1H3. The van der Waals surface area contributed by atoms with Crippen LogP contribution in [-0.2, 0) is 55.0 Å². The number of amidine groups is 1. The molecule has 5 aromatic carbocycles. The van der Waals surface area contributed by atoms with Crippen LogP contribution < -0.4 is 5.73 Å². The number of ether oxygens (including phenoxy) is 1. The summed E-state index contributed by atoms with van der Waals surface area (Å²) in [6.45, 7) is 19.0. The van der Waals surface area contributed by atoms with E-state index < -0.39 is 0 Å². The lowest BCUT2D eigenvalue weighted by atomic mass is 10.1. The van der Waals surface area contributed by atoms with Crippen LogP contribution in [0.2, 0.25) is 5.02 Å². The number of phenols is 1. The Morgan fingerprint density at radius 3 is 1.61 bits per heavy atom. The minimum atomic E-state index is 0.145. The zero-order chi connectivity index (χ0) is 65.4. The Morgan fingerprint density at radius 2 is 1.10 bits per heavy atom. The van der Waals surface area contributed by atoms with Crippen LogP contribution >= 0.6 is 27.5 Å². The third-order valence-corrected chi connectivity index (χ3v) is 18.7. The number of unbranched alkanes of at least 4 members (excludes halogenated alkanes) is 5. The van der Waals surface area contributed by atoms with Gasteiger partial charge in [0.2, 0.25) is 0 Å². The average molecular weight is 1330 g/mol. The highest BCUT2D eigenvalue weighted by Crippen LogP contribution is 2.41. The second kappa shape index (κ2) is 36.2. The van der Waals surface area contributed by atoms with E-state index in [2.05, 4.69) is 154 Å². The lowest BCUT2D eigenvalue weighted by Crippen LogP contribution is -2.30. The van der Waals surface area contributed by atoms with Crippen molar-refractivity contribution >= 4 is 44.9 Å². The van der Waals surface area contributed by atoms with Crippen molar-refractivity contribution in [1.82, 2.24) is 33.6 Å². The molecule has 4 aliphatic carbocycles. The molecule has 0 radical (unpaired) electrons. The van der Waals surface area contributed by atoms with Crippen LogP contribution in [-0.4, -0.2) is 76.3 Å². The number of rotatable bonds is 23. The third kappa shape index (κ3) is 18.5. The van der Waals surface area contributed by atoms with Gasteiger partial charge in [-0.25, -0.2) is 15.0 Å². The Kier molecular flexibility index (Phi) is 27.7. The first-order valence-electron chi connectivity index (χ1n) is 33.8. The number of ketones is 2. The van der Waals surface area contributed by atoms with Gasteiger partial charge in [-0.1, -0.05) is 213 Å². The molecule has 0 saturated heterocycles. The molecule has 4 aliphatic rings. The van der Waals surface area contributed by atoms with Crippen LogP contribution in [0.3, 0.4) is 0 Å². The van der Waals surface area contributed by atoms with Crippen molar-refractivity contribution in [2.75, 3.05) is 20.2 Å². The summed E-state index contributed by atoms with van der Waals surface area (Å²) in [4.78, 5) is 44.4. The number of aromatic hydroxyl groups is 1. The van der Waals surface area contributed by atoms with Gasteiger partial charge in [-0.05, 0) is 110 Å². The Hall–Kier alpha value is -7.39. The fraction of sp³-hybridized carbons (Fsp3) is 0.429. The van der Waals surface area contributed by atoms with Crippen molar-refractivity contribution in [2.45, 2.75) is 195 Å². The smallest absolute Gasteiger partial charge is 0.181 e. The molecule has 2 atom stereocenters. The normalized spacial score (nSPS) is 15.4. The summed E-state index contributed by atoms with van der Waals surface area (Å²) in [6.07, 6.45) is 18.8. The molecule has 488 valence electrons. The van der Waals surface area contributed by atoms with Crippen LogP contribution in [0.5, 0.6) is 5.75 Å². The molecule has 0 aliphatic heterocycles. The van der Waals surface area contributed by atoms with E-state index >= 15 is 0 Å². The first-order chi connectivity index (χ1) is 44.8. The van der Waals surface area contributed by atoms with E-state index in [0.29, 0.717) is 40.1 Å². The van der Waals surface area contributed by atoms with Crippen molar-refractivity contribution in [3.63, 3.8) is 0 Å². The number of allylic oxidation sites excluding steroid dienone is 2. The second-order valence-corrected chi connectivity index (χ2v) is 25.4. The molecule has 13 nitrogen and oxygen atoms in total. The largest absolute Gasteiger partial charge is 0.508 e. The van der Waals surface area contributed by atoms with E-state index in [1.165, 1.54) is 59.0 Å². The van der Waals surface area contributed by atoms with Crippen molar-refractivity contribution in [2.24, 2.45) is 10.7 Å². The number of hydrogen-bond acceptors (Lipinski definition) is 9. The number of benzene rings is 5. The lowest BCUT2D eigenvalue weighted by molar-refractivity contribution is -0.114. The summed E-state index contributed by atoms with van der Waals surface area (Å²) in [5.41, 5.74) is 18.7. The minimum absolute atomic E-state index is 0.145. The number of nitrogens with two attached hydrogens (primary N) is 1. The fourth-order valence-corrected chi connectivity index (χ4v) is 13.2. The number of Topliss-reactive ketones (excluding diaryl/α,β-unsaturated/α-hetero) is 2. The molecule has 3 aromatic heterocycles. The van der Waals surface area contributed by atoms with Gasteiger partial charge in [-0.2, -0.15) is 0 Å². The molecular formula is C77H97BrClN9O4. The molecule has 0 bridgehead atoms.